The minimum Gasteiger partial charge on any atom is -0.507 e. The van der Waals surface area contributed by atoms with Crippen LogP contribution in [0.3, 0.4) is 0 Å². The molecule has 0 radical (unpaired) electrons. The van der Waals surface area contributed by atoms with Crippen LogP contribution in [-0.4, -0.2) is 17.6 Å². The molecule has 0 saturated carbocycles. The van der Waals surface area contributed by atoms with Gasteiger partial charge in [0.15, 0.2) is 0 Å². The standard InChI is InChI=1S/C14H14FNO2/c1-2-6-16-14(18)9-7-11-10(13(17)8-9)4-3-5-12(11)15/h3-5,7-8,17H,2,6H2,1H3,(H,16,18). The molecule has 2 aromatic rings. The number of amides is 1. The number of aromatic hydroxyl groups is 1. The van der Waals surface area contributed by atoms with Crippen molar-refractivity contribution in [3.8, 4) is 5.75 Å². The zero-order chi connectivity index (χ0) is 13.1. The number of benzene rings is 2. The van der Waals surface area contributed by atoms with Crippen molar-refractivity contribution in [2.24, 2.45) is 0 Å². The monoisotopic (exact) mass is 247 g/mol. The van der Waals surface area contributed by atoms with Crippen molar-refractivity contribution >= 4 is 16.7 Å². The van der Waals surface area contributed by atoms with E-state index in [9.17, 15) is 14.3 Å². The average Bonchev–Trinajstić information content (AvgIpc) is 2.37. The third-order valence-electron chi connectivity index (χ3n) is 2.72. The summed E-state index contributed by atoms with van der Waals surface area (Å²) in [5.74, 6) is -0.848. The maximum Gasteiger partial charge on any atom is 0.251 e. The van der Waals surface area contributed by atoms with Gasteiger partial charge in [0.1, 0.15) is 11.6 Å². The second kappa shape index (κ2) is 5.04. The second-order valence-corrected chi connectivity index (χ2v) is 4.09. The van der Waals surface area contributed by atoms with Crippen LogP contribution in [0.15, 0.2) is 30.3 Å². The number of fused-ring (bicyclic) bond motifs is 1. The summed E-state index contributed by atoms with van der Waals surface area (Å²) in [6.45, 7) is 2.49. The summed E-state index contributed by atoms with van der Waals surface area (Å²) in [4.78, 5) is 11.8. The number of phenols is 1. The number of hydrogen-bond donors (Lipinski definition) is 2. The maximum absolute atomic E-state index is 13.6. The molecule has 0 atom stereocenters. The van der Waals surface area contributed by atoms with Crippen LogP contribution >= 0.6 is 0 Å². The molecule has 0 saturated heterocycles. The van der Waals surface area contributed by atoms with E-state index in [0.717, 1.165) is 6.42 Å². The van der Waals surface area contributed by atoms with Gasteiger partial charge in [-0.3, -0.25) is 4.79 Å². The second-order valence-electron chi connectivity index (χ2n) is 4.09. The smallest absolute Gasteiger partial charge is 0.251 e. The lowest BCUT2D eigenvalue weighted by atomic mass is 10.0. The van der Waals surface area contributed by atoms with Gasteiger partial charge >= 0.3 is 0 Å². The zero-order valence-corrected chi connectivity index (χ0v) is 10.0. The van der Waals surface area contributed by atoms with Crippen molar-refractivity contribution in [1.82, 2.24) is 5.32 Å². The van der Waals surface area contributed by atoms with Crippen LogP contribution in [0, 0.1) is 5.82 Å². The molecular formula is C14H14FNO2. The summed E-state index contributed by atoms with van der Waals surface area (Å²) in [5.41, 5.74) is 0.263. The molecule has 0 aromatic heterocycles. The van der Waals surface area contributed by atoms with Crippen LogP contribution in [0.1, 0.15) is 23.7 Å². The van der Waals surface area contributed by atoms with Crippen LogP contribution in [0.2, 0.25) is 0 Å². The van der Waals surface area contributed by atoms with Gasteiger partial charge in [0.2, 0.25) is 0 Å². The summed E-state index contributed by atoms with van der Waals surface area (Å²) in [6, 6.07) is 7.24. The van der Waals surface area contributed by atoms with Crippen molar-refractivity contribution in [2.75, 3.05) is 6.54 Å². The number of carbonyl (C=O) groups excluding carboxylic acids is 1. The molecule has 2 N–H and O–H groups in total. The number of phenolic OH excluding ortho intramolecular Hbond substituents is 1. The number of rotatable bonds is 3. The van der Waals surface area contributed by atoms with E-state index < -0.39 is 5.82 Å². The molecule has 18 heavy (non-hydrogen) atoms. The van der Waals surface area contributed by atoms with Gasteiger partial charge in [-0.05, 0) is 24.6 Å². The molecule has 0 aliphatic rings. The van der Waals surface area contributed by atoms with Crippen LogP contribution in [0.5, 0.6) is 5.75 Å². The molecule has 0 unspecified atom stereocenters. The van der Waals surface area contributed by atoms with Crippen LogP contribution < -0.4 is 5.32 Å². The lowest BCUT2D eigenvalue weighted by Gasteiger charge is -2.07. The Morgan fingerprint density at radius 1 is 1.33 bits per heavy atom. The van der Waals surface area contributed by atoms with Crippen molar-refractivity contribution in [1.29, 1.82) is 0 Å². The highest BCUT2D eigenvalue weighted by Crippen LogP contribution is 2.28. The van der Waals surface area contributed by atoms with E-state index in [1.54, 1.807) is 6.07 Å². The van der Waals surface area contributed by atoms with E-state index in [1.807, 2.05) is 6.92 Å². The Morgan fingerprint density at radius 3 is 2.83 bits per heavy atom. The molecule has 0 aliphatic heterocycles. The fraction of sp³-hybridized carbons (Fsp3) is 0.214. The minimum absolute atomic E-state index is 0.0892. The number of halogens is 1. The Balaban J connectivity index is 2.48. The van der Waals surface area contributed by atoms with Crippen molar-refractivity contribution in [3.05, 3.63) is 41.7 Å². The molecule has 1 amide bonds. The quantitative estimate of drug-likeness (QED) is 0.876. The molecular weight excluding hydrogens is 233 g/mol. The normalized spacial score (nSPS) is 10.6. The number of hydrogen-bond acceptors (Lipinski definition) is 2. The number of nitrogens with one attached hydrogen (secondary N) is 1. The molecule has 0 fully saturated rings. The Hall–Kier alpha value is -2.10. The van der Waals surface area contributed by atoms with E-state index in [4.69, 9.17) is 0 Å². The average molecular weight is 247 g/mol. The van der Waals surface area contributed by atoms with E-state index in [-0.39, 0.29) is 22.6 Å². The molecule has 94 valence electrons. The van der Waals surface area contributed by atoms with Crippen molar-refractivity contribution < 1.29 is 14.3 Å². The van der Waals surface area contributed by atoms with Gasteiger partial charge in [0.25, 0.3) is 5.91 Å². The van der Waals surface area contributed by atoms with Gasteiger partial charge in [0, 0.05) is 22.9 Å². The molecule has 0 spiro atoms. The SMILES string of the molecule is CCCNC(=O)c1cc(O)c2cccc(F)c2c1. The fourth-order valence-electron chi connectivity index (χ4n) is 1.80. The summed E-state index contributed by atoms with van der Waals surface area (Å²) < 4.78 is 13.6. The predicted molar refractivity (Wildman–Crippen MR) is 68.2 cm³/mol. The van der Waals surface area contributed by atoms with Crippen molar-refractivity contribution in [2.45, 2.75) is 13.3 Å². The highest BCUT2D eigenvalue weighted by atomic mass is 19.1. The summed E-state index contributed by atoms with van der Waals surface area (Å²) >= 11 is 0. The fourth-order valence-corrected chi connectivity index (χ4v) is 1.80. The first kappa shape index (κ1) is 12.4. The van der Waals surface area contributed by atoms with Crippen LogP contribution in [0.4, 0.5) is 4.39 Å². The van der Waals surface area contributed by atoms with E-state index in [2.05, 4.69) is 5.32 Å². The van der Waals surface area contributed by atoms with Gasteiger partial charge < -0.3 is 10.4 Å². The summed E-state index contributed by atoms with van der Waals surface area (Å²) in [5, 5.41) is 13.1. The highest BCUT2D eigenvalue weighted by molar-refractivity contribution is 6.00. The van der Waals surface area contributed by atoms with Gasteiger partial charge in [-0.1, -0.05) is 19.1 Å². The van der Waals surface area contributed by atoms with E-state index >= 15 is 0 Å². The Labute approximate surface area is 104 Å². The van der Waals surface area contributed by atoms with Gasteiger partial charge in [-0.25, -0.2) is 4.39 Å². The first-order valence-electron chi connectivity index (χ1n) is 5.83. The largest absolute Gasteiger partial charge is 0.507 e. The van der Waals surface area contributed by atoms with Crippen LogP contribution in [-0.2, 0) is 0 Å². The maximum atomic E-state index is 13.6. The van der Waals surface area contributed by atoms with Gasteiger partial charge in [0.05, 0.1) is 0 Å². The third-order valence-corrected chi connectivity index (χ3v) is 2.72. The Bertz CT molecular complexity index is 596. The zero-order valence-electron chi connectivity index (χ0n) is 10.0. The predicted octanol–water partition coefficient (Wildman–Crippen LogP) is 2.82. The summed E-state index contributed by atoms with van der Waals surface area (Å²) in [6.07, 6.45) is 0.819. The molecule has 3 nitrogen and oxygen atoms in total. The topological polar surface area (TPSA) is 49.3 Å². The Morgan fingerprint density at radius 2 is 2.11 bits per heavy atom. The molecule has 2 aromatic carbocycles. The summed E-state index contributed by atoms with van der Waals surface area (Å²) in [7, 11) is 0. The number of carbonyl (C=O) groups is 1. The van der Waals surface area contributed by atoms with Gasteiger partial charge in [-0.2, -0.15) is 0 Å². The highest BCUT2D eigenvalue weighted by Gasteiger charge is 2.11. The van der Waals surface area contributed by atoms with Crippen molar-refractivity contribution in [3.63, 3.8) is 0 Å². The third kappa shape index (κ3) is 2.27. The van der Waals surface area contributed by atoms with E-state index in [0.29, 0.717) is 11.9 Å². The molecule has 4 heteroatoms. The lowest BCUT2D eigenvalue weighted by Crippen LogP contribution is -2.23. The minimum atomic E-state index is -0.451. The van der Waals surface area contributed by atoms with Crippen LogP contribution in [0.25, 0.3) is 10.8 Å². The first-order valence-corrected chi connectivity index (χ1v) is 5.83. The molecule has 0 aliphatic carbocycles. The van der Waals surface area contributed by atoms with E-state index in [1.165, 1.54) is 24.3 Å². The Kier molecular flexibility index (Phi) is 3.46. The first-order chi connectivity index (χ1) is 8.63. The molecule has 0 heterocycles. The lowest BCUT2D eigenvalue weighted by molar-refractivity contribution is 0.0953. The molecule has 0 bridgehead atoms. The van der Waals surface area contributed by atoms with Gasteiger partial charge in [-0.15, -0.1) is 0 Å². The molecule has 2 rings (SSSR count).